The van der Waals surface area contributed by atoms with Crippen molar-refractivity contribution in [1.29, 1.82) is 0 Å². The summed E-state index contributed by atoms with van der Waals surface area (Å²) in [6.45, 7) is 2.17. The van der Waals surface area contributed by atoms with Crippen LogP contribution < -0.4 is 0 Å². The normalized spacial score (nSPS) is 33.6. The Morgan fingerprint density at radius 3 is 2.84 bits per heavy atom. The van der Waals surface area contributed by atoms with Gasteiger partial charge in [0.2, 0.25) is 0 Å². The van der Waals surface area contributed by atoms with E-state index in [1.54, 1.807) is 0 Å². The van der Waals surface area contributed by atoms with Crippen LogP contribution in [0.4, 0.5) is 0 Å². The maximum Gasteiger partial charge on any atom is 0.138 e. The molecule has 1 aliphatic carbocycles. The SMILES string of the molecule is CCCCC[C@H](O)[C@H]1CC[C@H]([C@H]2CCCCC2=O)O1. The summed E-state index contributed by atoms with van der Waals surface area (Å²) in [5, 5.41) is 10.1. The third-order valence-electron chi connectivity index (χ3n) is 4.67. The molecule has 3 heteroatoms. The van der Waals surface area contributed by atoms with Gasteiger partial charge in [-0.2, -0.15) is 0 Å². The van der Waals surface area contributed by atoms with E-state index in [4.69, 9.17) is 4.74 Å². The van der Waals surface area contributed by atoms with E-state index in [0.717, 1.165) is 51.4 Å². The number of ether oxygens (including phenoxy) is 1. The molecule has 0 amide bonds. The largest absolute Gasteiger partial charge is 0.390 e. The summed E-state index contributed by atoms with van der Waals surface area (Å²) < 4.78 is 5.99. The second kappa shape index (κ2) is 7.39. The molecule has 110 valence electrons. The molecule has 0 radical (unpaired) electrons. The maximum absolute atomic E-state index is 11.9. The van der Waals surface area contributed by atoms with Crippen molar-refractivity contribution in [1.82, 2.24) is 0 Å². The third kappa shape index (κ3) is 4.03. The lowest BCUT2D eigenvalue weighted by Gasteiger charge is -2.27. The van der Waals surface area contributed by atoms with Crippen LogP contribution in [0.1, 0.15) is 71.1 Å². The van der Waals surface area contributed by atoms with E-state index >= 15 is 0 Å². The number of carbonyl (C=O) groups is 1. The van der Waals surface area contributed by atoms with Crippen molar-refractivity contribution in [2.24, 2.45) is 5.92 Å². The molecule has 0 spiro atoms. The molecule has 1 saturated carbocycles. The quantitative estimate of drug-likeness (QED) is 0.752. The highest BCUT2D eigenvalue weighted by molar-refractivity contribution is 5.82. The topological polar surface area (TPSA) is 46.5 Å². The summed E-state index contributed by atoms with van der Waals surface area (Å²) >= 11 is 0. The van der Waals surface area contributed by atoms with Crippen molar-refractivity contribution in [3.8, 4) is 0 Å². The first-order valence-corrected chi connectivity index (χ1v) is 8.08. The molecule has 0 bridgehead atoms. The van der Waals surface area contributed by atoms with Crippen LogP contribution in [0.3, 0.4) is 0 Å². The lowest BCUT2D eigenvalue weighted by atomic mass is 9.83. The number of Topliss-reactive ketones (excluding diaryl/α,β-unsaturated/α-hetero) is 1. The number of ketones is 1. The highest BCUT2D eigenvalue weighted by atomic mass is 16.5. The van der Waals surface area contributed by atoms with Crippen LogP contribution in [-0.4, -0.2) is 29.2 Å². The molecule has 4 atom stereocenters. The Bertz CT molecular complexity index is 290. The summed E-state index contributed by atoms with van der Waals surface area (Å²) in [5.74, 6) is 0.499. The van der Waals surface area contributed by atoms with E-state index in [9.17, 15) is 9.90 Å². The minimum Gasteiger partial charge on any atom is -0.390 e. The van der Waals surface area contributed by atoms with Crippen LogP contribution >= 0.6 is 0 Å². The van der Waals surface area contributed by atoms with Crippen molar-refractivity contribution in [3.05, 3.63) is 0 Å². The Morgan fingerprint density at radius 1 is 1.26 bits per heavy atom. The van der Waals surface area contributed by atoms with Gasteiger partial charge in [-0.15, -0.1) is 0 Å². The summed E-state index contributed by atoms with van der Waals surface area (Å²) in [7, 11) is 0. The number of aliphatic hydroxyl groups is 1. The van der Waals surface area contributed by atoms with Crippen LogP contribution in [0.15, 0.2) is 0 Å². The van der Waals surface area contributed by atoms with E-state index in [1.165, 1.54) is 12.8 Å². The Hall–Kier alpha value is -0.410. The molecule has 3 nitrogen and oxygen atoms in total. The maximum atomic E-state index is 11.9. The second-order valence-electron chi connectivity index (χ2n) is 6.17. The minimum atomic E-state index is -0.338. The highest BCUT2D eigenvalue weighted by Gasteiger charge is 2.38. The fraction of sp³-hybridized carbons (Fsp3) is 0.938. The van der Waals surface area contributed by atoms with E-state index in [0.29, 0.717) is 5.78 Å². The lowest BCUT2D eigenvalue weighted by molar-refractivity contribution is -0.132. The van der Waals surface area contributed by atoms with Gasteiger partial charge in [-0.25, -0.2) is 0 Å². The number of hydrogen-bond acceptors (Lipinski definition) is 3. The van der Waals surface area contributed by atoms with Gasteiger partial charge in [-0.3, -0.25) is 4.79 Å². The molecule has 19 heavy (non-hydrogen) atoms. The van der Waals surface area contributed by atoms with Crippen LogP contribution in [-0.2, 0) is 9.53 Å². The van der Waals surface area contributed by atoms with Crippen molar-refractivity contribution >= 4 is 5.78 Å². The summed E-state index contributed by atoms with van der Waals surface area (Å²) in [4.78, 5) is 11.9. The molecule has 1 N–H and O–H groups in total. The number of rotatable bonds is 6. The van der Waals surface area contributed by atoms with Gasteiger partial charge in [0.1, 0.15) is 5.78 Å². The third-order valence-corrected chi connectivity index (χ3v) is 4.67. The van der Waals surface area contributed by atoms with Gasteiger partial charge in [-0.05, 0) is 32.1 Å². The first kappa shape index (κ1) is 15.0. The average Bonchev–Trinajstić information content (AvgIpc) is 2.89. The van der Waals surface area contributed by atoms with Crippen LogP contribution in [0.5, 0.6) is 0 Å². The molecule has 0 unspecified atom stereocenters. The fourth-order valence-electron chi connectivity index (χ4n) is 3.46. The van der Waals surface area contributed by atoms with Gasteiger partial charge in [0.15, 0.2) is 0 Å². The van der Waals surface area contributed by atoms with Gasteiger partial charge in [0, 0.05) is 12.3 Å². The molecule has 0 aromatic rings. The molecule has 1 heterocycles. The Kier molecular flexibility index (Phi) is 5.83. The number of aliphatic hydroxyl groups excluding tert-OH is 1. The lowest BCUT2D eigenvalue weighted by Crippen LogP contribution is -2.33. The summed E-state index contributed by atoms with van der Waals surface area (Å²) in [6.07, 6.45) is 9.76. The van der Waals surface area contributed by atoms with Crippen LogP contribution in [0, 0.1) is 5.92 Å². The Balaban J connectivity index is 1.77. The standard InChI is InChI=1S/C16H28O3/c1-2-3-4-9-14(18)16-11-10-15(19-16)12-7-5-6-8-13(12)17/h12,14-16,18H,2-11H2,1H3/t12-,14-,15+,16+/m0/s1. The van der Waals surface area contributed by atoms with E-state index < -0.39 is 0 Å². The summed E-state index contributed by atoms with van der Waals surface area (Å²) in [5.41, 5.74) is 0. The molecular formula is C16H28O3. The molecule has 0 aromatic heterocycles. The predicted octanol–water partition coefficient (Wildman–Crippen LogP) is 3.23. The molecular weight excluding hydrogens is 240 g/mol. The molecule has 1 aliphatic heterocycles. The number of carbonyl (C=O) groups excluding carboxylic acids is 1. The van der Waals surface area contributed by atoms with Crippen molar-refractivity contribution in [3.63, 3.8) is 0 Å². The van der Waals surface area contributed by atoms with Gasteiger partial charge in [0.25, 0.3) is 0 Å². The Morgan fingerprint density at radius 2 is 2.11 bits per heavy atom. The van der Waals surface area contributed by atoms with E-state index in [-0.39, 0.29) is 24.2 Å². The first-order chi connectivity index (χ1) is 9.22. The number of unbranched alkanes of at least 4 members (excludes halogenated alkanes) is 2. The average molecular weight is 268 g/mol. The van der Waals surface area contributed by atoms with Crippen molar-refractivity contribution < 1.29 is 14.6 Å². The van der Waals surface area contributed by atoms with Gasteiger partial charge in [0.05, 0.1) is 18.3 Å². The van der Waals surface area contributed by atoms with Gasteiger partial charge >= 0.3 is 0 Å². The minimum absolute atomic E-state index is 0.0309. The molecule has 2 aliphatic rings. The van der Waals surface area contributed by atoms with Gasteiger partial charge in [-0.1, -0.05) is 32.6 Å². The van der Waals surface area contributed by atoms with E-state index in [1.807, 2.05) is 0 Å². The smallest absolute Gasteiger partial charge is 0.138 e. The predicted molar refractivity (Wildman–Crippen MR) is 75.0 cm³/mol. The summed E-state index contributed by atoms with van der Waals surface area (Å²) in [6, 6.07) is 0. The zero-order valence-corrected chi connectivity index (χ0v) is 12.1. The van der Waals surface area contributed by atoms with E-state index in [2.05, 4.69) is 6.92 Å². The monoisotopic (exact) mass is 268 g/mol. The second-order valence-corrected chi connectivity index (χ2v) is 6.17. The van der Waals surface area contributed by atoms with Gasteiger partial charge < -0.3 is 9.84 Å². The molecule has 0 aromatic carbocycles. The van der Waals surface area contributed by atoms with Crippen molar-refractivity contribution in [2.75, 3.05) is 0 Å². The zero-order valence-electron chi connectivity index (χ0n) is 12.1. The fourth-order valence-corrected chi connectivity index (χ4v) is 3.46. The number of hydrogen-bond donors (Lipinski definition) is 1. The molecule has 2 rings (SSSR count). The highest BCUT2D eigenvalue weighted by Crippen LogP contribution is 2.34. The Labute approximate surface area is 116 Å². The van der Waals surface area contributed by atoms with Crippen LogP contribution in [0.2, 0.25) is 0 Å². The van der Waals surface area contributed by atoms with Crippen molar-refractivity contribution in [2.45, 2.75) is 89.4 Å². The van der Waals surface area contributed by atoms with Crippen LogP contribution in [0.25, 0.3) is 0 Å². The zero-order chi connectivity index (χ0) is 13.7. The first-order valence-electron chi connectivity index (χ1n) is 8.08. The molecule has 1 saturated heterocycles. The molecule has 2 fully saturated rings.